The van der Waals surface area contributed by atoms with Crippen molar-refractivity contribution in [3.05, 3.63) is 24.3 Å². The third kappa shape index (κ3) is 2.52. The molecule has 1 aromatic carbocycles. The summed E-state index contributed by atoms with van der Waals surface area (Å²) in [4.78, 5) is 0. The maximum absolute atomic E-state index is 6.04. The van der Waals surface area contributed by atoms with Gasteiger partial charge in [0.25, 0.3) is 0 Å². The molecule has 0 aromatic heterocycles. The molecule has 0 spiro atoms. The summed E-state index contributed by atoms with van der Waals surface area (Å²) >= 11 is 0. The van der Waals surface area contributed by atoms with Crippen LogP contribution in [0.2, 0.25) is 0 Å². The highest BCUT2D eigenvalue weighted by Crippen LogP contribution is 2.36. The first-order valence-corrected chi connectivity index (χ1v) is 7.09. The highest BCUT2D eigenvalue weighted by molar-refractivity contribution is 6.62. The Morgan fingerprint density at radius 1 is 1.00 bits per heavy atom. The Morgan fingerprint density at radius 3 is 2.00 bits per heavy atom. The molecule has 19 heavy (non-hydrogen) atoms. The van der Waals surface area contributed by atoms with Gasteiger partial charge in [-0.05, 0) is 58.1 Å². The summed E-state index contributed by atoms with van der Waals surface area (Å²) in [7, 11) is -0.264. The molecular formula is C15H22BNO2. The normalized spacial score (nSPS) is 24.5. The largest absolute Gasteiger partial charge is 0.494 e. The van der Waals surface area contributed by atoms with Crippen LogP contribution in [0.25, 0.3) is 0 Å². The molecule has 1 N–H and O–H groups in total. The van der Waals surface area contributed by atoms with Gasteiger partial charge in [-0.2, -0.15) is 0 Å². The van der Waals surface area contributed by atoms with Gasteiger partial charge in [0, 0.05) is 11.7 Å². The SMILES string of the molecule is CC1(C)OB(c2ccc(NC3CC3)cc2)OC1(C)C. The van der Waals surface area contributed by atoms with Gasteiger partial charge in [-0.1, -0.05) is 12.1 Å². The molecule has 1 aromatic rings. The highest BCUT2D eigenvalue weighted by atomic mass is 16.7. The van der Waals surface area contributed by atoms with Gasteiger partial charge in [0.1, 0.15) is 0 Å². The summed E-state index contributed by atoms with van der Waals surface area (Å²) in [6, 6.07) is 9.08. The van der Waals surface area contributed by atoms with E-state index in [1.165, 1.54) is 18.5 Å². The Kier molecular flexibility index (Phi) is 2.91. The summed E-state index contributed by atoms with van der Waals surface area (Å²) in [6.07, 6.45) is 2.58. The zero-order valence-corrected chi connectivity index (χ0v) is 12.2. The number of hydrogen-bond donors (Lipinski definition) is 1. The molecule has 2 fully saturated rings. The zero-order chi connectivity index (χ0) is 13.7. The van der Waals surface area contributed by atoms with Gasteiger partial charge in [-0.3, -0.25) is 0 Å². The lowest BCUT2D eigenvalue weighted by molar-refractivity contribution is 0.00578. The number of rotatable bonds is 3. The van der Waals surface area contributed by atoms with Crippen molar-refractivity contribution in [2.45, 2.75) is 57.8 Å². The molecule has 3 nitrogen and oxygen atoms in total. The van der Waals surface area contributed by atoms with Crippen LogP contribution in [0.15, 0.2) is 24.3 Å². The van der Waals surface area contributed by atoms with E-state index >= 15 is 0 Å². The van der Waals surface area contributed by atoms with E-state index in [0.717, 1.165) is 5.46 Å². The lowest BCUT2D eigenvalue weighted by Gasteiger charge is -2.32. The van der Waals surface area contributed by atoms with Crippen molar-refractivity contribution in [3.8, 4) is 0 Å². The van der Waals surface area contributed by atoms with Crippen LogP contribution in [0.4, 0.5) is 5.69 Å². The van der Waals surface area contributed by atoms with E-state index in [0.29, 0.717) is 6.04 Å². The number of benzene rings is 1. The molecule has 1 saturated carbocycles. The predicted octanol–water partition coefficient (Wildman–Crippen LogP) is 2.56. The van der Waals surface area contributed by atoms with E-state index in [4.69, 9.17) is 9.31 Å². The number of hydrogen-bond acceptors (Lipinski definition) is 3. The minimum atomic E-state index is -0.275. The molecule has 0 radical (unpaired) electrons. The van der Waals surface area contributed by atoms with Gasteiger partial charge in [-0.15, -0.1) is 0 Å². The molecule has 0 amide bonds. The smallest absolute Gasteiger partial charge is 0.399 e. The van der Waals surface area contributed by atoms with Crippen molar-refractivity contribution in [1.29, 1.82) is 0 Å². The van der Waals surface area contributed by atoms with Crippen LogP contribution in [0.1, 0.15) is 40.5 Å². The van der Waals surface area contributed by atoms with Crippen molar-refractivity contribution in [2.24, 2.45) is 0 Å². The Morgan fingerprint density at radius 2 is 1.53 bits per heavy atom. The second kappa shape index (κ2) is 4.25. The molecule has 1 aliphatic carbocycles. The van der Waals surface area contributed by atoms with E-state index in [1.807, 2.05) is 0 Å². The third-order valence-electron chi connectivity index (χ3n) is 4.38. The average molecular weight is 259 g/mol. The van der Waals surface area contributed by atoms with Gasteiger partial charge in [0.15, 0.2) is 0 Å². The van der Waals surface area contributed by atoms with E-state index < -0.39 is 0 Å². The maximum atomic E-state index is 6.04. The summed E-state index contributed by atoms with van der Waals surface area (Å²) in [5.41, 5.74) is 1.72. The zero-order valence-electron chi connectivity index (χ0n) is 12.2. The molecule has 0 unspecified atom stereocenters. The summed E-state index contributed by atoms with van der Waals surface area (Å²) in [5.74, 6) is 0. The second-order valence-corrected chi connectivity index (χ2v) is 6.63. The molecule has 0 bridgehead atoms. The molecular weight excluding hydrogens is 237 g/mol. The fraction of sp³-hybridized carbons (Fsp3) is 0.600. The van der Waals surface area contributed by atoms with Crippen LogP contribution in [-0.2, 0) is 9.31 Å². The first-order chi connectivity index (χ1) is 8.87. The summed E-state index contributed by atoms with van der Waals surface area (Å²) in [5, 5.41) is 3.48. The number of anilines is 1. The Balaban J connectivity index is 1.72. The molecule has 102 valence electrons. The minimum absolute atomic E-state index is 0.264. The quantitative estimate of drug-likeness (QED) is 0.846. The number of nitrogens with one attached hydrogen (secondary N) is 1. The first kappa shape index (κ1) is 13.0. The molecule has 0 atom stereocenters. The predicted molar refractivity (Wildman–Crippen MR) is 78.8 cm³/mol. The van der Waals surface area contributed by atoms with Gasteiger partial charge < -0.3 is 14.6 Å². The maximum Gasteiger partial charge on any atom is 0.494 e. The monoisotopic (exact) mass is 259 g/mol. The molecule has 1 aliphatic heterocycles. The topological polar surface area (TPSA) is 30.5 Å². The van der Waals surface area contributed by atoms with Crippen LogP contribution < -0.4 is 10.8 Å². The molecule has 1 saturated heterocycles. The first-order valence-electron chi connectivity index (χ1n) is 7.09. The van der Waals surface area contributed by atoms with Gasteiger partial charge in [0.05, 0.1) is 11.2 Å². The van der Waals surface area contributed by atoms with Gasteiger partial charge in [-0.25, -0.2) is 0 Å². The lowest BCUT2D eigenvalue weighted by Crippen LogP contribution is -2.41. The van der Waals surface area contributed by atoms with Crippen molar-refractivity contribution in [3.63, 3.8) is 0 Å². The van der Waals surface area contributed by atoms with Gasteiger partial charge >= 0.3 is 7.12 Å². The van der Waals surface area contributed by atoms with Crippen LogP contribution in [0.5, 0.6) is 0 Å². The van der Waals surface area contributed by atoms with Crippen molar-refractivity contribution < 1.29 is 9.31 Å². The van der Waals surface area contributed by atoms with E-state index in [-0.39, 0.29) is 18.3 Å². The van der Waals surface area contributed by atoms with Crippen molar-refractivity contribution in [2.75, 3.05) is 5.32 Å². The molecule has 2 aliphatic rings. The fourth-order valence-electron chi connectivity index (χ4n) is 2.18. The van der Waals surface area contributed by atoms with Gasteiger partial charge in [0.2, 0.25) is 0 Å². The molecule has 3 rings (SSSR count). The standard InChI is InChI=1S/C15H22BNO2/c1-14(2)15(3,4)19-16(18-14)11-5-7-12(8-6-11)17-13-9-10-13/h5-8,13,17H,9-10H2,1-4H3. The van der Waals surface area contributed by atoms with Crippen LogP contribution >= 0.6 is 0 Å². The Hall–Kier alpha value is -0.995. The third-order valence-corrected chi connectivity index (χ3v) is 4.38. The Bertz CT molecular complexity index is 450. The van der Waals surface area contributed by atoms with Crippen LogP contribution in [0.3, 0.4) is 0 Å². The Labute approximate surface area is 115 Å². The summed E-state index contributed by atoms with van der Waals surface area (Å²) in [6.45, 7) is 8.32. The summed E-state index contributed by atoms with van der Waals surface area (Å²) < 4.78 is 12.1. The van der Waals surface area contributed by atoms with Crippen molar-refractivity contribution >= 4 is 18.3 Å². The molecule has 4 heteroatoms. The van der Waals surface area contributed by atoms with E-state index in [1.54, 1.807) is 0 Å². The average Bonchev–Trinajstić information content (AvgIpc) is 3.08. The van der Waals surface area contributed by atoms with E-state index in [9.17, 15) is 0 Å². The van der Waals surface area contributed by atoms with Crippen molar-refractivity contribution in [1.82, 2.24) is 0 Å². The highest BCUT2D eigenvalue weighted by Gasteiger charge is 2.51. The second-order valence-electron chi connectivity index (χ2n) is 6.63. The van der Waals surface area contributed by atoms with Crippen LogP contribution in [-0.4, -0.2) is 24.4 Å². The fourth-order valence-corrected chi connectivity index (χ4v) is 2.18. The van der Waals surface area contributed by atoms with E-state index in [2.05, 4.69) is 57.3 Å². The van der Waals surface area contributed by atoms with Crippen LogP contribution in [0, 0.1) is 0 Å². The lowest BCUT2D eigenvalue weighted by atomic mass is 9.79. The minimum Gasteiger partial charge on any atom is -0.399 e. The molecule has 1 heterocycles.